The molecule has 2 heterocycles. The predicted molar refractivity (Wildman–Crippen MR) is 92.8 cm³/mol. The van der Waals surface area contributed by atoms with Crippen molar-refractivity contribution in [2.75, 3.05) is 32.7 Å². The number of nitrogens with zero attached hydrogens (tertiary/aromatic N) is 2. The minimum Gasteiger partial charge on any atom is -0.451 e. The SMILES string of the molecule is C=CCN1CCCN(C(=O)c2oc3cc(C)ccc3c2C)CC1. The van der Waals surface area contributed by atoms with E-state index in [0.29, 0.717) is 5.76 Å². The van der Waals surface area contributed by atoms with E-state index in [1.807, 2.05) is 37.0 Å². The van der Waals surface area contributed by atoms with Crippen LogP contribution in [0, 0.1) is 13.8 Å². The summed E-state index contributed by atoms with van der Waals surface area (Å²) in [5, 5.41) is 1.03. The molecule has 0 spiro atoms. The van der Waals surface area contributed by atoms with Crippen LogP contribution in [0.1, 0.15) is 28.1 Å². The summed E-state index contributed by atoms with van der Waals surface area (Å²) in [6.45, 7) is 12.1. The largest absolute Gasteiger partial charge is 0.451 e. The van der Waals surface area contributed by atoms with Gasteiger partial charge in [0.1, 0.15) is 5.58 Å². The highest BCUT2D eigenvalue weighted by atomic mass is 16.3. The van der Waals surface area contributed by atoms with Crippen LogP contribution in [-0.4, -0.2) is 48.4 Å². The molecule has 1 aliphatic heterocycles. The Hall–Kier alpha value is -2.07. The zero-order chi connectivity index (χ0) is 16.4. The molecule has 4 heteroatoms. The Morgan fingerprint density at radius 3 is 2.87 bits per heavy atom. The molecule has 2 aromatic rings. The molecule has 23 heavy (non-hydrogen) atoms. The molecule has 3 rings (SSSR count). The smallest absolute Gasteiger partial charge is 0.289 e. The fourth-order valence-electron chi connectivity index (χ4n) is 3.22. The van der Waals surface area contributed by atoms with Crippen molar-refractivity contribution >= 4 is 16.9 Å². The minimum absolute atomic E-state index is 0.0109. The van der Waals surface area contributed by atoms with E-state index in [9.17, 15) is 4.79 Å². The van der Waals surface area contributed by atoms with Crippen LogP contribution in [0.2, 0.25) is 0 Å². The van der Waals surface area contributed by atoms with Crippen LogP contribution >= 0.6 is 0 Å². The molecule has 1 fully saturated rings. The van der Waals surface area contributed by atoms with Gasteiger partial charge >= 0.3 is 0 Å². The highest BCUT2D eigenvalue weighted by Gasteiger charge is 2.25. The lowest BCUT2D eigenvalue weighted by Gasteiger charge is -2.20. The number of hydrogen-bond donors (Lipinski definition) is 0. The first kappa shape index (κ1) is 15.8. The molecular formula is C19H24N2O2. The van der Waals surface area contributed by atoms with Crippen LogP contribution in [0.25, 0.3) is 11.0 Å². The summed E-state index contributed by atoms with van der Waals surface area (Å²) in [5.74, 6) is 0.500. The summed E-state index contributed by atoms with van der Waals surface area (Å²) < 4.78 is 5.89. The third-order valence-electron chi connectivity index (χ3n) is 4.55. The van der Waals surface area contributed by atoms with E-state index < -0.39 is 0 Å². The molecule has 1 aromatic carbocycles. The van der Waals surface area contributed by atoms with Gasteiger partial charge in [0.15, 0.2) is 5.76 Å². The van der Waals surface area contributed by atoms with Crippen LogP contribution in [-0.2, 0) is 0 Å². The summed E-state index contributed by atoms with van der Waals surface area (Å²) in [5.41, 5.74) is 2.88. The van der Waals surface area contributed by atoms with Gasteiger partial charge < -0.3 is 9.32 Å². The van der Waals surface area contributed by atoms with Gasteiger partial charge in [-0.15, -0.1) is 6.58 Å². The van der Waals surface area contributed by atoms with E-state index in [1.165, 1.54) is 0 Å². The van der Waals surface area contributed by atoms with Gasteiger partial charge in [-0.1, -0.05) is 18.2 Å². The van der Waals surface area contributed by atoms with Crippen molar-refractivity contribution in [2.24, 2.45) is 0 Å². The second-order valence-electron chi connectivity index (χ2n) is 6.29. The number of aryl methyl sites for hydroxylation is 2. The zero-order valence-corrected chi connectivity index (χ0v) is 14.0. The average molecular weight is 312 g/mol. The van der Waals surface area contributed by atoms with Crippen LogP contribution in [0.3, 0.4) is 0 Å². The fourth-order valence-corrected chi connectivity index (χ4v) is 3.22. The van der Waals surface area contributed by atoms with Gasteiger partial charge in [-0.3, -0.25) is 9.69 Å². The fraction of sp³-hybridized carbons (Fsp3) is 0.421. The van der Waals surface area contributed by atoms with E-state index in [4.69, 9.17) is 4.42 Å². The predicted octanol–water partition coefficient (Wildman–Crippen LogP) is 3.38. The summed E-state index contributed by atoms with van der Waals surface area (Å²) >= 11 is 0. The van der Waals surface area contributed by atoms with E-state index >= 15 is 0 Å². The molecule has 0 radical (unpaired) electrons. The van der Waals surface area contributed by atoms with Gasteiger partial charge in [0.05, 0.1) is 0 Å². The number of rotatable bonds is 3. The standard InChI is InChI=1S/C19H24N2O2/c1-4-8-20-9-5-10-21(12-11-20)19(22)18-15(3)16-7-6-14(2)13-17(16)23-18/h4,6-7,13H,1,5,8-12H2,2-3H3. The quantitative estimate of drug-likeness (QED) is 0.815. The molecule has 4 nitrogen and oxygen atoms in total. The number of carbonyl (C=O) groups excluding carboxylic acids is 1. The molecule has 122 valence electrons. The average Bonchev–Trinajstić information content (AvgIpc) is 2.71. The normalized spacial score (nSPS) is 16.5. The maximum absolute atomic E-state index is 12.9. The third-order valence-corrected chi connectivity index (χ3v) is 4.55. The first-order valence-electron chi connectivity index (χ1n) is 8.22. The Balaban J connectivity index is 1.82. The minimum atomic E-state index is 0.0109. The Bertz CT molecular complexity index is 732. The van der Waals surface area contributed by atoms with E-state index in [1.54, 1.807) is 0 Å². The van der Waals surface area contributed by atoms with Crippen LogP contribution in [0.5, 0.6) is 0 Å². The molecule has 0 aliphatic carbocycles. The molecule has 1 aliphatic rings. The van der Waals surface area contributed by atoms with Gasteiger partial charge in [-0.2, -0.15) is 0 Å². The molecule has 0 unspecified atom stereocenters. The number of fused-ring (bicyclic) bond motifs is 1. The van der Waals surface area contributed by atoms with Gasteiger partial charge in [-0.25, -0.2) is 0 Å². The number of furan rings is 1. The van der Waals surface area contributed by atoms with Crippen molar-refractivity contribution in [3.05, 3.63) is 47.7 Å². The highest BCUT2D eigenvalue weighted by molar-refractivity contribution is 5.99. The molecular weight excluding hydrogens is 288 g/mol. The van der Waals surface area contributed by atoms with Crippen molar-refractivity contribution in [3.63, 3.8) is 0 Å². The van der Waals surface area contributed by atoms with Crippen molar-refractivity contribution in [3.8, 4) is 0 Å². The second kappa shape index (κ2) is 6.59. The van der Waals surface area contributed by atoms with E-state index in [2.05, 4.69) is 17.5 Å². The number of carbonyl (C=O) groups is 1. The Kier molecular flexibility index (Phi) is 4.53. The molecule has 0 bridgehead atoms. The lowest BCUT2D eigenvalue weighted by atomic mass is 10.1. The Morgan fingerprint density at radius 1 is 1.26 bits per heavy atom. The molecule has 0 saturated carbocycles. The number of benzene rings is 1. The van der Waals surface area contributed by atoms with Crippen molar-refractivity contribution in [1.29, 1.82) is 0 Å². The van der Waals surface area contributed by atoms with Crippen LogP contribution < -0.4 is 0 Å². The van der Waals surface area contributed by atoms with Gasteiger partial charge in [-0.05, 0) is 31.9 Å². The van der Waals surface area contributed by atoms with Gasteiger partial charge in [0, 0.05) is 43.7 Å². The number of amides is 1. The topological polar surface area (TPSA) is 36.7 Å². The molecule has 1 aromatic heterocycles. The monoisotopic (exact) mass is 312 g/mol. The third kappa shape index (κ3) is 3.17. The summed E-state index contributed by atoms with van der Waals surface area (Å²) in [6, 6.07) is 6.08. The maximum Gasteiger partial charge on any atom is 0.289 e. The first-order chi connectivity index (χ1) is 11.1. The molecule has 0 N–H and O–H groups in total. The maximum atomic E-state index is 12.9. The Labute approximate surface area is 137 Å². The molecule has 1 saturated heterocycles. The first-order valence-corrected chi connectivity index (χ1v) is 8.22. The van der Waals surface area contributed by atoms with Crippen molar-refractivity contribution in [2.45, 2.75) is 20.3 Å². The van der Waals surface area contributed by atoms with Gasteiger partial charge in [0.25, 0.3) is 5.91 Å². The lowest BCUT2D eigenvalue weighted by molar-refractivity contribution is 0.0731. The summed E-state index contributed by atoms with van der Waals surface area (Å²) in [7, 11) is 0. The molecule has 0 atom stereocenters. The van der Waals surface area contributed by atoms with Crippen molar-refractivity contribution < 1.29 is 9.21 Å². The van der Waals surface area contributed by atoms with Crippen LogP contribution in [0.15, 0.2) is 35.3 Å². The zero-order valence-electron chi connectivity index (χ0n) is 14.0. The summed E-state index contributed by atoms with van der Waals surface area (Å²) in [6.07, 6.45) is 2.90. The van der Waals surface area contributed by atoms with Crippen molar-refractivity contribution in [1.82, 2.24) is 9.80 Å². The number of hydrogen-bond acceptors (Lipinski definition) is 3. The lowest BCUT2D eigenvalue weighted by Crippen LogP contribution is -2.35. The van der Waals surface area contributed by atoms with E-state index in [-0.39, 0.29) is 5.91 Å². The van der Waals surface area contributed by atoms with Gasteiger partial charge in [0.2, 0.25) is 0 Å². The van der Waals surface area contributed by atoms with E-state index in [0.717, 1.165) is 61.2 Å². The summed E-state index contributed by atoms with van der Waals surface area (Å²) in [4.78, 5) is 17.1. The highest BCUT2D eigenvalue weighted by Crippen LogP contribution is 2.27. The van der Waals surface area contributed by atoms with Crippen LogP contribution in [0.4, 0.5) is 0 Å². The molecule has 1 amide bonds. The Morgan fingerprint density at radius 2 is 2.09 bits per heavy atom. The second-order valence-corrected chi connectivity index (χ2v) is 6.29.